The number of carbonyl (C=O) groups is 6. The van der Waals surface area contributed by atoms with Crippen LogP contribution in [0.3, 0.4) is 0 Å². The van der Waals surface area contributed by atoms with Crippen LogP contribution in [-0.2, 0) is 57.2 Å². The van der Waals surface area contributed by atoms with Crippen LogP contribution < -0.4 is 0 Å². The molecule has 48 heavy (non-hydrogen) atoms. The fourth-order valence-corrected chi connectivity index (χ4v) is 13.0. The maximum atomic E-state index is 14.8. The Morgan fingerprint density at radius 2 is 1.42 bits per heavy atom. The predicted octanol–water partition coefficient (Wildman–Crippen LogP) is 1.33. The molecule has 2 unspecified atom stereocenters. The van der Waals surface area contributed by atoms with E-state index in [1.807, 2.05) is 27.7 Å². The Morgan fingerprint density at radius 1 is 0.812 bits per heavy atom. The van der Waals surface area contributed by atoms with Crippen molar-refractivity contribution in [1.82, 2.24) is 0 Å². The van der Waals surface area contributed by atoms with Crippen molar-refractivity contribution >= 4 is 35.4 Å². The van der Waals surface area contributed by atoms with Crippen LogP contribution in [0, 0.1) is 57.7 Å². The first-order valence-corrected chi connectivity index (χ1v) is 17.1. The monoisotopic (exact) mass is 672 g/mol. The first-order chi connectivity index (χ1) is 22.2. The normalized spacial score (nSPS) is 58.1. The number of fused-ring (bicyclic) bond motifs is 10. The van der Waals surface area contributed by atoms with E-state index in [-0.39, 0.29) is 11.9 Å². The minimum absolute atomic E-state index is 0.314. The van der Waals surface area contributed by atoms with Crippen molar-refractivity contribution in [3.63, 3.8) is 0 Å². The molecule has 3 aliphatic heterocycles. The van der Waals surface area contributed by atoms with E-state index in [4.69, 9.17) is 28.4 Å². The number of rotatable bonds is 3. The highest BCUT2D eigenvalue weighted by Crippen LogP contribution is 2.79. The second-order valence-corrected chi connectivity index (χ2v) is 16.8. The molecule has 0 aromatic heterocycles. The predicted molar refractivity (Wildman–Crippen MR) is 158 cm³/mol. The lowest BCUT2D eigenvalue weighted by Gasteiger charge is -2.65. The number of hydrogen-bond donors (Lipinski definition) is 1. The fourth-order valence-electron chi connectivity index (χ4n) is 13.0. The van der Waals surface area contributed by atoms with E-state index in [9.17, 15) is 33.9 Å². The largest absolute Gasteiger partial charge is 0.462 e. The van der Waals surface area contributed by atoms with Crippen molar-refractivity contribution < 1.29 is 62.3 Å². The second-order valence-electron chi connectivity index (χ2n) is 16.8. The average Bonchev–Trinajstić information content (AvgIpc) is 3.87. The number of ether oxygens (including phenoxy) is 6. The summed E-state index contributed by atoms with van der Waals surface area (Å²) in [7, 11) is 0. The fraction of sp³-hybridized carbons (Fsp3) is 0.829. The summed E-state index contributed by atoms with van der Waals surface area (Å²) in [6, 6.07) is 0. The number of epoxide rings is 2. The van der Waals surface area contributed by atoms with E-state index in [1.54, 1.807) is 6.92 Å². The lowest BCUT2D eigenvalue weighted by atomic mass is 9.39. The summed E-state index contributed by atoms with van der Waals surface area (Å²) >= 11 is 0. The Bertz CT molecular complexity index is 1590. The van der Waals surface area contributed by atoms with Gasteiger partial charge in [0.05, 0.1) is 11.5 Å². The van der Waals surface area contributed by atoms with E-state index >= 15 is 0 Å². The summed E-state index contributed by atoms with van der Waals surface area (Å²) in [5.74, 6) is -8.36. The van der Waals surface area contributed by atoms with E-state index in [1.165, 1.54) is 27.7 Å². The minimum Gasteiger partial charge on any atom is -0.462 e. The van der Waals surface area contributed by atoms with Crippen LogP contribution in [0.1, 0.15) is 68.7 Å². The van der Waals surface area contributed by atoms with Crippen molar-refractivity contribution in [3.05, 3.63) is 0 Å². The summed E-state index contributed by atoms with van der Waals surface area (Å²) in [5, 5.41) is 11.8. The third-order valence-corrected chi connectivity index (χ3v) is 14.8. The van der Waals surface area contributed by atoms with E-state index in [2.05, 4.69) is 0 Å². The molecule has 3 saturated heterocycles. The maximum Gasteiger partial charge on any atom is 0.339 e. The second kappa shape index (κ2) is 9.25. The van der Waals surface area contributed by atoms with Crippen LogP contribution in [0.15, 0.2) is 0 Å². The van der Waals surface area contributed by atoms with Gasteiger partial charge in [0.25, 0.3) is 0 Å². The number of esters is 4. The Hall–Kier alpha value is -2.90. The molecule has 0 aromatic rings. The van der Waals surface area contributed by atoms with Crippen LogP contribution in [-0.4, -0.2) is 94.5 Å². The number of carbonyl (C=O) groups excluding carboxylic acids is 6. The number of aliphatic hydroxyl groups is 1. The Morgan fingerprint density at radius 3 is 2.02 bits per heavy atom. The zero-order chi connectivity index (χ0) is 35.0. The molecule has 0 amide bonds. The third-order valence-electron chi connectivity index (χ3n) is 14.8. The summed E-state index contributed by atoms with van der Waals surface area (Å²) in [6.45, 7) is 14.3. The molecule has 8 fully saturated rings. The van der Waals surface area contributed by atoms with Crippen LogP contribution >= 0.6 is 0 Å². The lowest BCUT2D eigenvalue weighted by molar-refractivity contribution is -0.258. The van der Waals surface area contributed by atoms with E-state index < -0.39 is 135 Å². The standard InChI is InChI=1S/C35H44O13/c1-11-18-17(23(43-12(2)36)21(39)15-10-16-22(46-16)28(31(15,18)5)45-14(4)38)19-24-20-25(32(19,6)27(11)44-13(3)37)34(8)29(48-34)26(40)33(20,7)35(9,42)30(41)47-24/h11,15-20,22-25,27-29,42H,10H2,1-9H3/t11-,15+,16-,17+,18-,19+,20+,22-,23+,24+,25-,27-,28-,29?,31-,32-,33+,34?,35+/m0/s1. The Kier molecular flexibility index (Phi) is 6.23. The lowest BCUT2D eigenvalue weighted by Crippen LogP contribution is -2.73. The molecule has 0 radical (unpaired) electrons. The van der Waals surface area contributed by atoms with Gasteiger partial charge in [-0.1, -0.05) is 20.8 Å². The molecule has 13 heteroatoms. The zero-order valence-corrected chi connectivity index (χ0v) is 28.6. The highest BCUT2D eigenvalue weighted by Gasteiger charge is 2.90. The van der Waals surface area contributed by atoms with Gasteiger partial charge >= 0.3 is 23.9 Å². The highest BCUT2D eigenvalue weighted by molar-refractivity contribution is 6.01. The first kappa shape index (κ1) is 32.3. The third kappa shape index (κ3) is 3.44. The molecular formula is C35H44O13. The van der Waals surface area contributed by atoms with Gasteiger partial charge in [0, 0.05) is 61.2 Å². The molecule has 0 spiro atoms. The van der Waals surface area contributed by atoms with Gasteiger partial charge in [-0.15, -0.1) is 0 Å². The molecule has 0 bridgehead atoms. The van der Waals surface area contributed by atoms with Gasteiger partial charge in [-0.25, -0.2) is 4.79 Å². The highest BCUT2D eigenvalue weighted by atomic mass is 16.6. The van der Waals surface area contributed by atoms with Crippen molar-refractivity contribution in [1.29, 1.82) is 0 Å². The van der Waals surface area contributed by atoms with E-state index in [0.717, 1.165) is 0 Å². The number of Topliss-reactive ketones (excluding diaryl/α,β-unsaturated/α-hetero) is 2. The summed E-state index contributed by atoms with van der Waals surface area (Å²) in [4.78, 5) is 81.3. The Balaban J connectivity index is 1.41. The molecule has 5 saturated carbocycles. The van der Waals surface area contributed by atoms with Crippen molar-refractivity contribution in [3.8, 4) is 0 Å². The minimum atomic E-state index is -2.21. The van der Waals surface area contributed by atoms with Crippen molar-refractivity contribution in [2.24, 2.45) is 57.7 Å². The van der Waals surface area contributed by atoms with Gasteiger partial charge in [-0.05, 0) is 39.0 Å². The van der Waals surface area contributed by atoms with Gasteiger partial charge in [-0.3, -0.25) is 24.0 Å². The van der Waals surface area contributed by atoms with Gasteiger partial charge in [0.2, 0.25) is 0 Å². The number of ketones is 2. The molecule has 13 nitrogen and oxygen atoms in total. The summed E-state index contributed by atoms with van der Waals surface area (Å²) < 4.78 is 36.8. The van der Waals surface area contributed by atoms with Crippen LogP contribution in [0.2, 0.25) is 0 Å². The van der Waals surface area contributed by atoms with Crippen LogP contribution in [0.25, 0.3) is 0 Å². The molecule has 19 atom stereocenters. The summed E-state index contributed by atoms with van der Waals surface area (Å²) in [6.07, 6.45) is -5.38. The topological polar surface area (TPSA) is 185 Å². The molecule has 5 aliphatic carbocycles. The number of hydrogen-bond acceptors (Lipinski definition) is 13. The van der Waals surface area contributed by atoms with Crippen molar-refractivity contribution in [2.45, 2.75) is 123 Å². The van der Waals surface area contributed by atoms with Gasteiger partial charge in [0.15, 0.2) is 23.3 Å². The van der Waals surface area contributed by atoms with E-state index in [0.29, 0.717) is 6.42 Å². The molecule has 0 aromatic carbocycles. The average molecular weight is 673 g/mol. The van der Waals surface area contributed by atoms with Gasteiger partial charge in [-0.2, -0.15) is 0 Å². The summed E-state index contributed by atoms with van der Waals surface area (Å²) in [5.41, 5.74) is -7.09. The first-order valence-electron chi connectivity index (χ1n) is 17.1. The quantitative estimate of drug-likeness (QED) is 0.258. The van der Waals surface area contributed by atoms with Crippen LogP contribution in [0.4, 0.5) is 0 Å². The molecule has 262 valence electrons. The molecular weight excluding hydrogens is 628 g/mol. The van der Waals surface area contributed by atoms with Crippen molar-refractivity contribution in [2.75, 3.05) is 0 Å². The molecule has 8 aliphatic rings. The smallest absolute Gasteiger partial charge is 0.339 e. The van der Waals surface area contributed by atoms with Crippen LogP contribution in [0.5, 0.6) is 0 Å². The van der Waals surface area contributed by atoms with Gasteiger partial charge < -0.3 is 33.5 Å². The zero-order valence-electron chi connectivity index (χ0n) is 28.6. The molecule has 3 heterocycles. The SMILES string of the molecule is CC(=O)O[C@H]1C(=O)[C@H]2C[C@@H]3O[C@@H]3[C@H](OC(C)=O)[C@]2(C)[C@H]2[C@H](C)[C@H](OC(C)=O)[C@@]3(C)[C@@H]([C@H]4OC(=O)[C@@](C)(O)[C@@]5(C)C(=O)C6OC6(C)[C@H]3[C@@H]45)[C@@H]21. The maximum absolute atomic E-state index is 14.8. The molecule has 8 rings (SSSR count). The molecule has 1 N–H and O–H groups in total. The van der Waals surface area contributed by atoms with Gasteiger partial charge in [0.1, 0.15) is 36.1 Å². The Labute approximate surface area is 278 Å².